The summed E-state index contributed by atoms with van der Waals surface area (Å²) < 4.78 is 7.56. The fourth-order valence-corrected chi connectivity index (χ4v) is 0.931. The predicted molar refractivity (Wildman–Crippen MR) is 45.8 cm³/mol. The van der Waals surface area contributed by atoms with Gasteiger partial charge in [-0.05, 0) is 0 Å². The summed E-state index contributed by atoms with van der Waals surface area (Å²) in [7, 11) is 1.64. The van der Waals surface area contributed by atoms with Gasteiger partial charge >= 0.3 is 72.8 Å². The van der Waals surface area contributed by atoms with E-state index in [2.05, 4.69) is 25.3 Å². The van der Waals surface area contributed by atoms with E-state index < -0.39 is 0 Å². The van der Waals surface area contributed by atoms with Crippen LogP contribution in [0.15, 0.2) is 29.3 Å². The predicted octanol–water partition coefficient (Wildman–Crippen LogP) is 1.40. The SMILES string of the molecule is COc1ccc(N=C=[Se])cc1. The van der Waals surface area contributed by atoms with Crippen LogP contribution >= 0.6 is 0 Å². The third kappa shape index (κ3) is 2.32. The molecule has 0 aromatic heterocycles. The number of benzene rings is 1. The Kier molecular flexibility index (Phi) is 3.06. The monoisotopic (exact) mass is 213 g/mol. The van der Waals surface area contributed by atoms with Gasteiger partial charge < -0.3 is 0 Å². The van der Waals surface area contributed by atoms with Crippen molar-refractivity contribution in [2.75, 3.05) is 7.11 Å². The minimum atomic E-state index is 0.837. The van der Waals surface area contributed by atoms with Crippen molar-refractivity contribution in [2.45, 2.75) is 0 Å². The minimum absolute atomic E-state index is 0.837. The summed E-state index contributed by atoms with van der Waals surface area (Å²) in [5.41, 5.74) is 0.865. The summed E-state index contributed by atoms with van der Waals surface area (Å²) in [5.74, 6) is 0.837. The van der Waals surface area contributed by atoms with Crippen molar-refractivity contribution in [1.29, 1.82) is 0 Å². The average Bonchev–Trinajstić information content (AvgIpc) is 2.07. The summed E-state index contributed by atoms with van der Waals surface area (Å²) in [4.78, 5) is 3.92. The van der Waals surface area contributed by atoms with E-state index in [1.807, 2.05) is 24.3 Å². The molecule has 1 aromatic rings. The molecule has 1 aromatic carbocycles. The molecule has 0 bridgehead atoms. The van der Waals surface area contributed by atoms with E-state index in [1.54, 1.807) is 7.11 Å². The van der Waals surface area contributed by atoms with Crippen LogP contribution in [0.3, 0.4) is 0 Å². The fourth-order valence-electron chi connectivity index (χ4n) is 0.709. The molecule has 0 spiro atoms. The Labute approximate surface area is 73.3 Å². The average molecular weight is 212 g/mol. The van der Waals surface area contributed by atoms with E-state index in [1.165, 1.54) is 0 Å². The fraction of sp³-hybridized carbons (Fsp3) is 0.125. The van der Waals surface area contributed by atoms with Crippen LogP contribution in [-0.2, 0) is 0 Å². The van der Waals surface area contributed by atoms with Crippen molar-refractivity contribution in [3.63, 3.8) is 0 Å². The van der Waals surface area contributed by atoms with E-state index in [0.29, 0.717) is 0 Å². The zero-order valence-corrected chi connectivity index (χ0v) is 7.79. The van der Waals surface area contributed by atoms with Gasteiger partial charge in [0, 0.05) is 0 Å². The Morgan fingerprint density at radius 2 is 2.00 bits per heavy atom. The van der Waals surface area contributed by atoms with Crippen LogP contribution in [0, 0.1) is 0 Å². The van der Waals surface area contributed by atoms with Crippen molar-refractivity contribution >= 4 is 26.0 Å². The molecule has 0 atom stereocenters. The molecule has 1 rings (SSSR count). The topological polar surface area (TPSA) is 21.6 Å². The number of rotatable bonds is 2. The standard InChI is InChI=1S/C8H7NOSe/c1-10-8-4-2-7(3-5-8)9-6-11/h2-5H,1H3. The molecule has 3 heteroatoms. The Morgan fingerprint density at radius 3 is 2.45 bits per heavy atom. The van der Waals surface area contributed by atoms with Crippen molar-refractivity contribution in [3.8, 4) is 5.75 Å². The van der Waals surface area contributed by atoms with Crippen LogP contribution < -0.4 is 4.74 Å². The second-order valence-electron chi connectivity index (χ2n) is 1.90. The van der Waals surface area contributed by atoms with Crippen LogP contribution in [0.4, 0.5) is 5.69 Å². The van der Waals surface area contributed by atoms with Gasteiger partial charge in [0.1, 0.15) is 0 Å². The maximum atomic E-state index is 4.98. The first-order chi connectivity index (χ1) is 5.36. The zero-order valence-electron chi connectivity index (χ0n) is 6.07. The molecule has 0 unspecified atom stereocenters. The number of ether oxygens (including phenoxy) is 1. The van der Waals surface area contributed by atoms with Crippen LogP contribution in [0.5, 0.6) is 5.75 Å². The Bertz CT molecular complexity index is 275. The van der Waals surface area contributed by atoms with Gasteiger partial charge in [-0.15, -0.1) is 0 Å². The number of nitrogens with zero attached hydrogens (tertiary/aromatic N) is 1. The van der Waals surface area contributed by atoms with E-state index in [9.17, 15) is 0 Å². The summed E-state index contributed by atoms with van der Waals surface area (Å²) in [6.45, 7) is 0. The molecule has 56 valence electrons. The van der Waals surface area contributed by atoms with E-state index in [-0.39, 0.29) is 0 Å². The first-order valence-electron chi connectivity index (χ1n) is 3.09. The maximum absolute atomic E-state index is 4.98. The summed E-state index contributed by atoms with van der Waals surface area (Å²) in [5, 5.41) is 0. The van der Waals surface area contributed by atoms with Gasteiger partial charge in [0.2, 0.25) is 0 Å². The van der Waals surface area contributed by atoms with Crippen LogP contribution in [0.25, 0.3) is 0 Å². The third-order valence-electron chi connectivity index (χ3n) is 1.25. The second-order valence-corrected chi connectivity index (χ2v) is 2.28. The number of methoxy groups -OCH3 is 1. The van der Waals surface area contributed by atoms with Crippen molar-refractivity contribution in [1.82, 2.24) is 0 Å². The molecule has 0 saturated heterocycles. The molecule has 0 radical (unpaired) electrons. The first-order valence-corrected chi connectivity index (χ1v) is 3.94. The molecule has 0 saturated carbocycles. The third-order valence-corrected chi connectivity index (χ3v) is 1.44. The molecular weight excluding hydrogens is 205 g/mol. The normalized spacial score (nSPS) is 8.45. The van der Waals surface area contributed by atoms with Gasteiger partial charge in [-0.1, -0.05) is 0 Å². The number of aliphatic imine (C=N–C) groups is 1. The molecule has 0 heterocycles. The molecule has 2 nitrogen and oxygen atoms in total. The number of hydrogen-bond donors (Lipinski definition) is 0. The molecule has 0 aliphatic heterocycles. The van der Waals surface area contributed by atoms with Crippen molar-refractivity contribution in [2.24, 2.45) is 4.99 Å². The van der Waals surface area contributed by atoms with Crippen LogP contribution in [0.1, 0.15) is 0 Å². The Balaban J connectivity index is 2.91. The van der Waals surface area contributed by atoms with Crippen molar-refractivity contribution in [3.05, 3.63) is 24.3 Å². The molecule has 0 aliphatic carbocycles. The van der Waals surface area contributed by atoms with Gasteiger partial charge in [0.25, 0.3) is 0 Å². The quantitative estimate of drug-likeness (QED) is 0.536. The molecule has 0 amide bonds. The molecular formula is C8H7NOSe. The summed E-state index contributed by atoms with van der Waals surface area (Å²) in [6, 6.07) is 7.44. The summed E-state index contributed by atoms with van der Waals surface area (Å²) in [6.07, 6.45) is 0. The molecule has 0 aliphatic rings. The summed E-state index contributed by atoms with van der Waals surface area (Å²) >= 11 is 2.57. The second kappa shape index (κ2) is 4.09. The van der Waals surface area contributed by atoms with Gasteiger partial charge in [0.15, 0.2) is 0 Å². The Morgan fingerprint density at radius 1 is 1.36 bits per heavy atom. The molecule has 0 fully saturated rings. The van der Waals surface area contributed by atoms with Gasteiger partial charge in [-0.25, -0.2) is 0 Å². The molecule has 0 N–H and O–H groups in total. The van der Waals surface area contributed by atoms with Crippen molar-refractivity contribution < 1.29 is 4.74 Å². The van der Waals surface area contributed by atoms with E-state index in [0.717, 1.165) is 11.4 Å². The van der Waals surface area contributed by atoms with Gasteiger partial charge in [-0.2, -0.15) is 0 Å². The van der Waals surface area contributed by atoms with Gasteiger partial charge in [-0.3, -0.25) is 0 Å². The van der Waals surface area contributed by atoms with E-state index >= 15 is 0 Å². The zero-order chi connectivity index (χ0) is 8.10. The molecule has 11 heavy (non-hydrogen) atoms. The van der Waals surface area contributed by atoms with Crippen LogP contribution in [0.2, 0.25) is 0 Å². The Hall–Kier alpha value is -0.881. The number of hydrogen-bond acceptors (Lipinski definition) is 2. The van der Waals surface area contributed by atoms with E-state index in [4.69, 9.17) is 4.74 Å². The van der Waals surface area contributed by atoms with Crippen LogP contribution in [-0.4, -0.2) is 27.4 Å². The first kappa shape index (κ1) is 8.22. The van der Waals surface area contributed by atoms with Gasteiger partial charge in [0.05, 0.1) is 0 Å².